The number of benzene rings is 1. The second-order valence-electron chi connectivity index (χ2n) is 6.51. The molecule has 0 saturated carbocycles. The quantitative estimate of drug-likeness (QED) is 0.500. The fourth-order valence-electron chi connectivity index (χ4n) is 3.20. The molecule has 3 aromatic heterocycles. The van der Waals surface area contributed by atoms with Crippen molar-refractivity contribution in [2.24, 2.45) is 0 Å². The van der Waals surface area contributed by atoms with Gasteiger partial charge in [-0.2, -0.15) is 0 Å². The summed E-state index contributed by atoms with van der Waals surface area (Å²) in [6.45, 7) is 4.23. The minimum atomic E-state index is -0.328. The van der Waals surface area contributed by atoms with Gasteiger partial charge in [0.1, 0.15) is 18.1 Å². The number of pyridine rings is 1. The number of rotatable bonds is 6. The molecular formula is C21H20FN3O2S. The van der Waals surface area contributed by atoms with E-state index in [2.05, 4.69) is 15.0 Å². The number of nitrogens with zero attached hydrogens (tertiary/aromatic N) is 2. The molecule has 4 aromatic rings. The monoisotopic (exact) mass is 397 g/mol. The van der Waals surface area contributed by atoms with E-state index in [0.717, 1.165) is 32.2 Å². The molecule has 0 radical (unpaired) electrons. The van der Waals surface area contributed by atoms with Crippen molar-refractivity contribution in [3.05, 3.63) is 69.2 Å². The van der Waals surface area contributed by atoms with Gasteiger partial charge in [-0.25, -0.2) is 14.4 Å². The van der Waals surface area contributed by atoms with E-state index < -0.39 is 0 Å². The summed E-state index contributed by atoms with van der Waals surface area (Å²) in [6.07, 6.45) is 4.02. The lowest BCUT2D eigenvalue weighted by atomic mass is 10.0. The first-order chi connectivity index (χ1) is 13.5. The van der Waals surface area contributed by atoms with Gasteiger partial charge in [0.15, 0.2) is 11.5 Å². The van der Waals surface area contributed by atoms with E-state index >= 15 is 0 Å². The van der Waals surface area contributed by atoms with Crippen LogP contribution in [0.1, 0.15) is 26.7 Å². The molecule has 0 saturated heterocycles. The number of aryl methyl sites for hydroxylation is 2. The molecule has 0 spiro atoms. The predicted octanol–water partition coefficient (Wildman–Crippen LogP) is 4.95. The number of hydrogen-bond donors (Lipinski definition) is 1. The molecule has 1 aromatic carbocycles. The van der Waals surface area contributed by atoms with Gasteiger partial charge in [-0.15, -0.1) is 11.3 Å². The number of thiazole rings is 1. The highest BCUT2D eigenvalue weighted by Crippen LogP contribution is 2.33. The minimum Gasteiger partial charge on any atom is -0.493 e. The Morgan fingerprint density at radius 3 is 2.79 bits per heavy atom. The van der Waals surface area contributed by atoms with Gasteiger partial charge in [-0.1, -0.05) is 0 Å². The number of ether oxygens (including phenoxy) is 2. The molecule has 0 aliphatic carbocycles. The first kappa shape index (κ1) is 18.4. The van der Waals surface area contributed by atoms with Crippen LogP contribution < -0.4 is 9.47 Å². The van der Waals surface area contributed by atoms with Gasteiger partial charge in [0.05, 0.1) is 22.7 Å². The van der Waals surface area contributed by atoms with Crippen LogP contribution in [0.2, 0.25) is 0 Å². The summed E-state index contributed by atoms with van der Waals surface area (Å²) in [5.74, 6) is 0.564. The Hall–Kier alpha value is -2.93. The van der Waals surface area contributed by atoms with E-state index in [1.165, 1.54) is 6.07 Å². The number of nitrogens with one attached hydrogen (secondary N) is 1. The number of fused-ring (bicyclic) bond motifs is 1. The highest BCUT2D eigenvalue weighted by molar-refractivity contribution is 7.11. The first-order valence-electron chi connectivity index (χ1n) is 8.88. The molecule has 7 heteroatoms. The van der Waals surface area contributed by atoms with Crippen molar-refractivity contribution < 1.29 is 13.9 Å². The van der Waals surface area contributed by atoms with Gasteiger partial charge in [0.25, 0.3) is 0 Å². The van der Waals surface area contributed by atoms with Crippen molar-refractivity contribution in [3.8, 4) is 11.5 Å². The van der Waals surface area contributed by atoms with Gasteiger partial charge in [0.2, 0.25) is 0 Å². The van der Waals surface area contributed by atoms with Crippen molar-refractivity contribution in [1.29, 1.82) is 0 Å². The Bertz CT molecular complexity index is 1140. The third-order valence-corrected chi connectivity index (χ3v) is 5.66. The molecule has 1 N–H and O–H groups in total. The van der Waals surface area contributed by atoms with Crippen LogP contribution in [0.3, 0.4) is 0 Å². The van der Waals surface area contributed by atoms with E-state index in [0.29, 0.717) is 30.1 Å². The van der Waals surface area contributed by atoms with Gasteiger partial charge >= 0.3 is 0 Å². The van der Waals surface area contributed by atoms with Crippen LogP contribution in [0.5, 0.6) is 11.5 Å². The van der Waals surface area contributed by atoms with Crippen LogP contribution in [0.15, 0.2) is 36.7 Å². The maximum absolute atomic E-state index is 14.8. The highest BCUT2D eigenvalue weighted by atomic mass is 32.1. The molecule has 0 amide bonds. The molecule has 0 unspecified atom stereocenters. The number of aromatic nitrogens is 3. The van der Waals surface area contributed by atoms with Gasteiger partial charge in [0, 0.05) is 30.3 Å². The molecule has 0 atom stereocenters. The molecule has 0 fully saturated rings. The molecule has 3 heterocycles. The topological polar surface area (TPSA) is 60.0 Å². The van der Waals surface area contributed by atoms with Crippen LogP contribution in [-0.4, -0.2) is 22.1 Å². The SMILES string of the molecule is COc1cc(Cc2c[nH]c3ncccc23)c(F)cc1OCc1sc(C)nc1C. The van der Waals surface area contributed by atoms with Crippen molar-refractivity contribution in [3.63, 3.8) is 0 Å². The highest BCUT2D eigenvalue weighted by Gasteiger charge is 2.15. The molecule has 5 nitrogen and oxygen atoms in total. The zero-order chi connectivity index (χ0) is 19.7. The number of halogens is 1. The second kappa shape index (κ2) is 7.59. The van der Waals surface area contributed by atoms with Gasteiger partial charge in [-0.3, -0.25) is 0 Å². The third-order valence-electron chi connectivity index (χ3n) is 4.61. The van der Waals surface area contributed by atoms with Crippen LogP contribution in [-0.2, 0) is 13.0 Å². The van der Waals surface area contributed by atoms with Crippen LogP contribution >= 0.6 is 11.3 Å². The number of H-pyrrole nitrogens is 1. The average molecular weight is 397 g/mol. The summed E-state index contributed by atoms with van der Waals surface area (Å²) in [7, 11) is 1.56. The summed E-state index contributed by atoms with van der Waals surface area (Å²) >= 11 is 1.58. The Morgan fingerprint density at radius 2 is 2.04 bits per heavy atom. The molecule has 0 aliphatic heterocycles. The number of aromatic amines is 1. The first-order valence-corrected chi connectivity index (χ1v) is 9.70. The molecule has 144 valence electrons. The maximum Gasteiger partial charge on any atom is 0.164 e. The maximum atomic E-state index is 14.8. The molecule has 0 bridgehead atoms. The minimum absolute atomic E-state index is 0.328. The summed E-state index contributed by atoms with van der Waals surface area (Å²) in [4.78, 5) is 12.8. The second-order valence-corrected chi connectivity index (χ2v) is 7.80. The Morgan fingerprint density at radius 1 is 1.18 bits per heavy atom. The lowest BCUT2D eigenvalue weighted by molar-refractivity contribution is 0.284. The molecule has 4 rings (SSSR count). The Labute approximate surface area is 166 Å². The third kappa shape index (κ3) is 3.57. The smallest absolute Gasteiger partial charge is 0.164 e. The zero-order valence-electron chi connectivity index (χ0n) is 15.9. The van der Waals surface area contributed by atoms with E-state index in [-0.39, 0.29) is 5.82 Å². The number of hydrogen-bond acceptors (Lipinski definition) is 5. The largest absolute Gasteiger partial charge is 0.493 e. The van der Waals surface area contributed by atoms with E-state index in [9.17, 15) is 4.39 Å². The van der Waals surface area contributed by atoms with Gasteiger partial charge in [-0.05, 0) is 43.2 Å². The van der Waals surface area contributed by atoms with Gasteiger partial charge < -0.3 is 14.5 Å². The Balaban J connectivity index is 1.59. The zero-order valence-corrected chi connectivity index (χ0v) is 16.7. The van der Waals surface area contributed by atoms with Crippen molar-refractivity contribution in [2.45, 2.75) is 26.9 Å². The molecular weight excluding hydrogens is 377 g/mol. The summed E-state index contributed by atoms with van der Waals surface area (Å²) < 4.78 is 26.1. The fourth-order valence-corrected chi connectivity index (χ4v) is 4.05. The van der Waals surface area contributed by atoms with E-state index in [1.54, 1.807) is 30.7 Å². The number of methoxy groups -OCH3 is 1. The van der Waals surface area contributed by atoms with Crippen molar-refractivity contribution in [1.82, 2.24) is 15.0 Å². The normalized spacial score (nSPS) is 11.1. The average Bonchev–Trinajstić information content (AvgIpc) is 3.24. The standard InChI is InChI=1S/C21H20FN3O2S/c1-12-20(28-13(2)25-12)11-27-19-9-17(22)14(8-18(19)26-3)7-15-10-24-21-16(15)5-4-6-23-21/h4-6,8-10H,7,11H2,1-3H3,(H,23,24). The molecule has 0 aliphatic rings. The van der Waals surface area contributed by atoms with Crippen molar-refractivity contribution >= 4 is 22.4 Å². The predicted molar refractivity (Wildman–Crippen MR) is 108 cm³/mol. The van der Waals surface area contributed by atoms with Crippen molar-refractivity contribution in [2.75, 3.05) is 7.11 Å². The van der Waals surface area contributed by atoms with Crippen LogP contribution in [0.25, 0.3) is 11.0 Å². The lowest BCUT2D eigenvalue weighted by Crippen LogP contribution is -2.01. The van der Waals surface area contributed by atoms with E-state index in [4.69, 9.17) is 9.47 Å². The Kier molecular flexibility index (Phi) is 5.00. The lowest BCUT2D eigenvalue weighted by Gasteiger charge is -2.13. The van der Waals surface area contributed by atoms with E-state index in [1.807, 2.05) is 32.2 Å². The summed E-state index contributed by atoms with van der Waals surface area (Å²) in [6, 6.07) is 6.94. The fraction of sp³-hybridized carbons (Fsp3) is 0.238. The summed E-state index contributed by atoms with van der Waals surface area (Å²) in [5, 5.41) is 1.97. The molecule has 28 heavy (non-hydrogen) atoms. The summed E-state index contributed by atoms with van der Waals surface area (Å²) in [5.41, 5.74) is 3.25. The van der Waals surface area contributed by atoms with Crippen LogP contribution in [0.4, 0.5) is 4.39 Å². The van der Waals surface area contributed by atoms with Crippen LogP contribution in [0, 0.1) is 19.7 Å².